The van der Waals surface area contributed by atoms with Gasteiger partial charge >= 0.3 is 5.97 Å². The van der Waals surface area contributed by atoms with Crippen molar-refractivity contribution in [2.24, 2.45) is 0 Å². The minimum Gasteiger partial charge on any atom is -0.462 e. The van der Waals surface area contributed by atoms with Gasteiger partial charge in [0.2, 0.25) is 0 Å². The maximum absolute atomic E-state index is 12.3. The Balaban J connectivity index is 2.28. The highest BCUT2D eigenvalue weighted by molar-refractivity contribution is 6.31. The maximum Gasteiger partial charge on any atom is 0.340 e. The number of halogens is 1. The third-order valence-corrected chi connectivity index (χ3v) is 3.43. The van der Waals surface area contributed by atoms with Gasteiger partial charge in [-0.3, -0.25) is 4.98 Å². The summed E-state index contributed by atoms with van der Waals surface area (Å²) < 4.78 is 5.17. The Labute approximate surface area is 126 Å². The highest BCUT2D eigenvalue weighted by Crippen LogP contribution is 2.32. The molecule has 0 unspecified atom stereocenters. The molecule has 0 aliphatic heterocycles. The van der Waals surface area contributed by atoms with Crippen LogP contribution in [-0.4, -0.2) is 22.5 Å². The number of rotatable bonds is 3. The molecule has 0 fully saturated rings. The van der Waals surface area contributed by atoms with Crippen LogP contribution in [0.5, 0.6) is 0 Å². The standard InChI is InChI=1S/C16H13ClN2O2/c1-2-21-16(20)14-12-8-11(17)5-6-13(12)19-15(14)10-4-3-7-18-9-10/h3-9,19H,2H2,1H3. The molecule has 4 nitrogen and oxygen atoms in total. The summed E-state index contributed by atoms with van der Waals surface area (Å²) in [6.45, 7) is 2.10. The van der Waals surface area contributed by atoms with Crippen LogP contribution < -0.4 is 0 Å². The number of esters is 1. The van der Waals surface area contributed by atoms with Gasteiger partial charge in [-0.1, -0.05) is 11.6 Å². The number of carbonyl (C=O) groups is 1. The second kappa shape index (κ2) is 5.58. The van der Waals surface area contributed by atoms with E-state index < -0.39 is 0 Å². The maximum atomic E-state index is 12.3. The Morgan fingerprint density at radius 1 is 1.38 bits per heavy atom. The number of nitrogens with one attached hydrogen (secondary N) is 1. The van der Waals surface area contributed by atoms with Gasteiger partial charge in [-0.2, -0.15) is 0 Å². The van der Waals surface area contributed by atoms with E-state index in [0.29, 0.717) is 22.9 Å². The molecule has 21 heavy (non-hydrogen) atoms. The van der Waals surface area contributed by atoms with E-state index in [2.05, 4.69) is 9.97 Å². The average Bonchev–Trinajstić information content (AvgIpc) is 2.87. The van der Waals surface area contributed by atoms with Crippen molar-refractivity contribution in [3.05, 3.63) is 53.3 Å². The second-order valence-corrected chi connectivity index (χ2v) is 4.96. The Bertz CT molecular complexity index is 797. The van der Waals surface area contributed by atoms with Gasteiger partial charge in [0.15, 0.2) is 0 Å². The third-order valence-electron chi connectivity index (χ3n) is 3.19. The highest BCUT2D eigenvalue weighted by atomic mass is 35.5. The van der Waals surface area contributed by atoms with Crippen molar-refractivity contribution in [2.45, 2.75) is 6.92 Å². The monoisotopic (exact) mass is 300 g/mol. The van der Waals surface area contributed by atoms with E-state index in [9.17, 15) is 4.79 Å². The van der Waals surface area contributed by atoms with E-state index in [1.165, 1.54) is 0 Å². The predicted molar refractivity (Wildman–Crippen MR) is 82.5 cm³/mol. The van der Waals surface area contributed by atoms with Gasteiger partial charge in [-0.25, -0.2) is 4.79 Å². The average molecular weight is 301 g/mol. The highest BCUT2D eigenvalue weighted by Gasteiger charge is 2.21. The van der Waals surface area contributed by atoms with Crippen LogP contribution in [0.15, 0.2) is 42.7 Å². The van der Waals surface area contributed by atoms with Gasteiger partial charge < -0.3 is 9.72 Å². The SMILES string of the molecule is CCOC(=O)c1c(-c2cccnc2)[nH]c2ccc(Cl)cc12. The van der Waals surface area contributed by atoms with Gasteiger partial charge in [0.25, 0.3) is 0 Å². The molecule has 0 aliphatic rings. The van der Waals surface area contributed by atoms with E-state index in [0.717, 1.165) is 16.5 Å². The smallest absolute Gasteiger partial charge is 0.340 e. The van der Waals surface area contributed by atoms with Gasteiger partial charge in [0.1, 0.15) is 0 Å². The van der Waals surface area contributed by atoms with Crippen molar-refractivity contribution in [3.8, 4) is 11.3 Å². The van der Waals surface area contributed by atoms with Crippen LogP contribution in [0, 0.1) is 0 Å². The summed E-state index contributed by atoms with van der Waals surface area (Å²) in [4.78, 5) is 19.7. The zero-order valence-electron chi connectivity index (χ0n) is 11.4. The lowest BCUT2D eigenvalue weighted by Crippen LogP contribution is -2.05. The summed E-state index contributed by atoms with van der Waals surface area (Å²) in [5.74, 6) is -0.370. The van der Waals surface area contributed by atoms with Crippen LogP contribution in [0.3, 0.4) is 0 Å². The molecule has 0 bridgehead atoms. The first-order valence-corrected chi connectivity index (χ1v) is 6.97. The number of aromatic nitrogens is 2. The zero-order chi connectivity index (χ0) is 14.8. The molecule has 0 saturated heterocycles. The summed E-state index contributed by atoms with van der Waals surface area (Å²) in [5.41, 5.74) is 2.84. The van der Waals surface area contributed by atoms with Crippen molar-refractivity contribution in [1.29, 1.82) is 0 Å². The van der Waals surface area contributed by atoms with Gasteiger partial charge in [-0.15, -0.1) is 0 Å². The van der Waals surface area contributed by atoms with Crippen molar-refractivity contribution in [3.63, 3.8) is 0 Å². The van der Waals surface area contributed by atoms with E-state index in [1.54, 1.807) is 31.5 Å². The van der Waals surface area contributed by atoms with Crippen molar-refractivity contribution in [2.75, 3.05) is 6.61 Å². The van der Waals surface area contributed by atoms with Crippen molar-refractivity contribution in [1.82, 2.24) is 9.97 Å². The van der Waals surface area contributed by atoms with Crippen LogP contribution in [0.25, 0.3) is 22.2 Å². The second-order valence-electron chi connectivity index (χ2n) is 4.53. The van der Waals surface area contributed by atoms with Crippen LogP contribution in [0.1, 0.15) is 17.3 Å². The molecule has 0 aliphatic carbocycles. The quantitative estimate of drug-likeness (QED) is 0.742. The molecular formula is C16H13ClN2O2. The minimum absolute atomic E-state index is 0.318. The van der Waals surface area contributed by atoms with E-state index in [-0.39, 0.29) is 5.97 Å². The first-order valence-electron chi connectivity index (χ1n) is 6.59. The molecule has 3 rings (SSSR count). The predicted octanol–water partition coefficient (Wildman–Crippen LogP) is 4.06. The Morgan fingerprint density at radius 2 is 2.24 bits per heavy atom. The van der Waals surface area contributed by atoms with Crippen molar-refractivity contribution < 1.29 is 9.53 Å². The largest absolute Gasteiger partial charge is 0.462 e. The lowest BCUT2D eigenvalue weighted by molar-refractivity contribution is 0.0529. The summed E-state index contributed by atoms with van der Waals surface area (Å²) in [6.07, 6.45) is 3.39. The molecule has 0 spiro atoms. The van der Waals surface area contributed by atoms with Crippen LogP contribution in [0.2, 0.25) is 5.02 Å². The topological polar surface area (TPSA) is 55.0 Å². The minimum atomic E-state index is -0.370. The number of pyridine rings is 1. The summed E-state index contributed by atoms with van der Waals surface area (Å²) in [7, 11) is 0. The van der Waals surface area contributed by atoms with Gasteiger partial charge in [0.05, 0.1) is 17.9 Å². The van der Waals surface area contributed by atoms with Gasteiger partial charge in [0, 0.05) is 33.9 Å². The van der Waals surface area contributed by atoms with Crippen molar-refractivity contribution >= 4 is 28.5 Å². The van der Waals surface area contributed by atoms with Crippen LogP contribution in [-0.2, 0) is 4.74 Å². The van der Waals surface area contributed by atoms with Gasteiger partial charge in [-0.05, 0) is 37.3 Å². The number of aromatic amines is 1. The molecule has 3 aromatic rings. The molecule has 0 radical (unpaired) electrons. The number of carbonyl (C=O) groups excluding carboxylic acids is 1. The number of hydrogen-bond donors (Lipinski definition) is 1. The molecule has 1 aromatic carbocycles. The van der Waals surface area contributed by atoms with E-state index in [1.807, 2.05) is 18.2 Å². The fourth-order valence-electron chi connectivity index (χ4n) is 2.31. The number of benzene rings is 1. The summed E-state index contributed by atoms with van der Waals surface area (Å²) in [5, 5.41) is 1.32. The molecule has 5 heteroatoms. The first-order chi connectivity index (χ1) is 10.2. The lowest BCUT2D eigenvalue weighted by atomic mass is 10.1. The fourth-order valence-corrected chi connectivity index (χ4v) is 2.48. The molecule has 0 atom stereocenters. The first kappa shape index (κ1) is 13.6. The Kier molecular flexibility index (Phi) is 3.62. The number of fused-ring (bicyclic) bond motifs is 1. The lowest BCUT2D eigenvalue weighted by Gasteiger charge is -2.04. The summed E-state index contributed by atoms with van der Waals surface area (Å²) >= 11 is 6.05. The number of nitrogens with zero attached hydrogens (tertiary/aromatic N) is 1. The van der Waals surface area contributed by atoms with Crippen LogP contribution >= 0.6 is 11.6 Å². The summed E-state index contributed by atoms with van der Waals surface area (Å²) in [6, 6.07) is 9.10. The molecule has 0 amide bonds. The molecular weight excluding hydrogens is 288 g/mol. The van der Waals surface area contributed by atoms with E-state index >= 15 is 0 Å². The number of ether oxygens (including phenoxy) is 1. The van der Waals surface area contributed by atoms with Crippen LogP contribution in [0.4, 0.5) is 0 Å². The molecule has 0 saturated carbocycles. The Morgan fingerprint density at radius 3 is 2.95 bits per heavy atom. The molecule has 2 heterocycles. The van der Waals surface area contributed by atoms with E-state index in [4.69, 9.17) is 16.3 Å². The molecule has 2 aromatic heterocycles. The fraction of sp³-hybridized carbons (Fsp3) is 0.125. The normalized spacial score (nSPS) is 10.8. The molecule has 106 valence electrons. The number of H-pyrrole nitrogens is 1. The molecule has 1 N–H and O–H groups in total. The third kappa shape index (κ3) is 2.50. The number of hydrogen-bond acceptors (Lipinski definition) is 3. The zero-order valence-corrected chi connectivity index (χ0v) is 12.1. The Hall–Kier alpha value is -2.33.